The number of rotatable bonds is 7. The third kappa shape index (κ3) is 5.51. The SMILES string of the molecule is CNC(=O)NS(=O)(=O)c1cc(CC(=O)NC(C)c2ccoc2)ccc1SC. The molecule has 0 aliphatic carbocycles. The molecule has 2 aromatic rings. The normalized spacial score (nSPS) is 12.3. The number of thioether (sulfide) groups is 1. The molecule has 146 valence electrons. The van der Waals surface area contributed by atoms with Crippen molar-refractivity contribution in [3.8, 4) is 0 Å². The second kappa shape index (κ2) is 8.96. The first-order chi connectivity index (χ1) is 12.8. The average Bonchev–Trinajstić information content (AvgIpc) is 3.16. The first-order valence-corrected chi connectivity index (χ1v) is 10.7. The van der Waals surface area contributed by atoms with Gasteiger partial charge in [-0.25, -0.2) is 17.9 Å². The first-order valence-electron chi connectivity index (χ1n) is 7.99. The molecule has 0 spiro atoms. The van der Waals surface area contributed by atoms with E-state index in [2.05, 4.69) is 10.6 Å². The van der Waals surface area contributed by atoms with E-state index in [1.165, 1.54) is 31.1 Å². The van der Waals surface area contributed by atoms with Crippen LogP contribution in [0.15, 0.2) is 51.0 Å². The van der Waals surface area contributed by atoms with E-state index in [1.807, 2.05) is 11.6 Å². The van der Waals surface area contributed by atoms with Gasteiger partial charge in [0.1, 0.15) is 4.90 Å². The average molecular weight is 412 g/mol. The van der Waals surface area contributed by atoms with Gasteiger partial charge < -0.3 is 15.1 Å². The number of nitrogens with one attached hydrogen (secondary N) is 3. The van der Waals surface area contributed by atoms with Crippen molar-refractivity contribution in [2.75, 3.05) is 13.3 Å². The molecule has 0 saturated carbocycles. The number of carbonyl (C=O) groups excluding carboxylic acids is 2. The molecule has 10 heteroatoms. The van der Waals surface area contributed by atoms with Crippen LogP contribution in [0.4, 0.5) is 4.79 Å². The molecule has 0 fully saturated rings. The molecule has 3 amide bonds. The van der Waals surface area contributed by atoms with Gasteiger partial charge in [-0.2, -0.15) is 0 Å². The van der Waals surface area contributed by atoms with Crippen LogP contribution in [0.1, 0.15) is 24.1 Å². The molecule has 2 rings (SSSR count). The number of hydrogen-bond donors (Lipinski definition) is 3. The number of hydrogen-bond acceptors (Lipinski definition) is 6. The number of furan rings is 1. The van der Waals surface area contributed by atoms with Gasteiger partial charge in [-0.05, 0) is 36.9 Å². The molecule has 1 unspecified atom stereocenters. The summed E-state index contributed by atoms with van der Waals surface area (Å²) in [5, 5.41) is 5.03. The quantitative estimate of drug-likeness (QED) is 0.600. The van der Waals surface area contributed by atoms with E-state index < -0.39 is 16.1 Å². The molecule has 3 N–H and O–H groups in total. The van der Waals surface area contributed by atoms with Gasteiger partial charge in [0, 0.05) is 17.5 Å². The highest BCUT2D eigenvalue weighted by Gasteiger charge is 2.22. The van der Waals surface area contributed by atoms with Crippen LogP contribution in [0.25, 0.3) is 0 Å². The molecule has 0 saturated heterocycles. The zero-order valence-electron chi connectivity index (χ0n) is 15.1. The summed E-state index contributed by atoms with van der Waals surface area (Å²) in [5.74, 6) is -0.261. The van der Waals surface area contributed by atoms with Crippen molar-refractivity contribution in [3.63, 3.8) is 0 Å². The van der Waals surface area contributed by atoms with Crippen LogP contribution in [0.2, 0.25) is 0 Å². The Labute approximate surface area is 162 Å². The van der Waals surface area contributed by atoms with Crippen molar-refractivity contribution in [2.24, 2.45) is 0 Å². The molecule has 27 heavy (non-hydrogen) atoms. The van der Waals surface area contributed by atoms with Crippen LogP contribution in [0.5, 0.6) is 0 Å². The lowest BCUT2D eigenvalue weighted by Gasteiger charge is -2.14. The highest BCUT2D eigenvalue weighted by Crippen LogP contribution is 2.26. The van der Waals surface area contributed by atoms with Gasteiger partial charge in [-0.1, -0.05) is 6.07 Å². The molecular formula is C17H21N3O5S2. The lowest BCUT2D eigenvalue weighted by Crippen LogP contribution is -2.37. The van der Waals surface area contributed by atoms with E-state index in [4.69, 9.17) is 4.42 Å². The second-order valence-corrected chi connectivity index (χ2v) is 8.19. The fraction of sp³-hybridized carbons (Fsp3) is 0.294. The predicted molar refractivity (Wildman–Crippen MR) is 102 cm³/mol. The summed E-state index contributed by atoms with van der Waals surface area (Å²) < 4.78 is 31.8. The van der Waals surface area contributed by atoms with E-state index in [9.17, 15) is 18.0 Å². The van der Waals surface area contributed by atoms with Gasteiger partial charge in [0.25, 0.3) is 10.0 Å². The Balaban J connectivity index is 2.18. The molecule has 1 aromatic heterocycles. The summed E-state index contributed by atoms with van der Waals surface area (Å²) >= 11 is 1.23. The van der Waals surface area contributed by atoms with Gasteiger partial charge in [0.15, 0.2) is 0 Å². The summed E-state index contributed by atoms with van der Waals surface area (Å²) in [5.41, 5.74) is 1.35. The molecule has 1 aromatic carbocycles. The topological polar surface area (TPSA) is 118 Å². The van der Waals surface area contributed by atoms with E-state index in [-0.39, 0.29) is 23.3 Å². The van der Waals surface area contributed by atoms with E-state index in [0.29, 0.717) is 10.5 Å². The zero-order chi connectivity index (χ0) is 20.0. The van der Waals surface area contributed by atoms with Gasteiger partial charge in [-0.15, -0.1) is 11.8 Å². The van der Waals surface area contributed by atoms with Crippen molar-refractivity contribution in [1.29, 1.82) is 0 Å². The van der Waals surface area contributed by atoms with Gasteiger partial charge in [0.2, 0.25) is 5.91 Å². The lowest BCUT2D eigenvalue weighted by molar-refractivity contribution is -0.121. The highest BCUT2D eigenvalue weighted by molar-refractivity contribution is 7.99. The smallest absolute Gasteiger partial charge is 0.328 e. The lowest BCUT2D eigenvalue weighted by atomic mass is 10.1. The van der Waals surface area contributed by atoms with Crippen molar-refractivity contribution in [1.82, 2.24) is 15.4 Å². The van der Waals surface area contributed by atoms with Gasteiger partial charge >= 0.3 is 6.03 Å². The maximum atomic E-state index is 12.5. The third-order valence-electron chi connectivity index (χ3n) is 3.76. The van der Waals surface area contributed by atoms with Gasteiger partial charge in [0.05, 0.1) is 25.0 Å². The van der Waals surface area contributed by atoms with Crippen LogP contribution in [-0.2, 0) is 21.2 Å². The minimum atomic E-state index is -4.06. The maximum absolute atomic E-state index is 12.5. The van der Waals surface area contributed by atoms with Crippen LogP contribution >= 0.6 is 11.8 Å². The van der Waals surface area contributed by atoms with Crippen LogP contribution in [0.3, 0.4) is 0 Å². The summed E-state index contributed by atoms with van der Waals surface area (Å²) in [6, 6.07) is 5.39. The summed E-state index contributed by atoms with van der Waals surface area (Å²) in [6.45, 7) is 1.82. The Morgan fingerprint density at radius 2 is 2.00 bits per heavy atom. The number of benzene rings is 1. The predicted octanol–water partition coefficient (Wildman–Crippen LogP) is 2.04. The Hall–Kier alpha value is -2.46. The monoisotopic (exact) mass is 411 g/mol. The third-order valence-corrected chi connectivity index (χ3v) is 6.05. The minimum absolute atomic E-state index is 0.000648. The van der Waals surface area contributed by atoms with Crippen molar-refractivity contribution in [2.45, 2.75) is 29.2 Å². The Morgan fingerprint density at radius 3 is 2.59 bits per heavy atom. The fourth-order valence-corrected chi connectivity index (χ4v) is 4.49. The number of carbonyl (C=O) groups is 2. The second-order valence-electron chi connectivity index (χ2n) is 5.69. The van der Waals surface area contributed by atoms with Crippen molar-refractivity contribution in [3.05, 3.63) is 47.9 Å². The Kier molecular flexibility index (Phi) is 6.92. The van der Waals surface area contributed by atoms with Crippen LogP contribution in [-0.4, -0.2) is 33.7 Å². The summed E-state index contributed by atoms with van der Waals surface area (Å²) in [7, 11) is -2.74. The zero-order valence-corrected chi connectivity index (χ0v) is 16.7. The van der Waals surface area contributed by atoms with Gasteiger partial charge in [-0.3, -0.25) is 4.79 Å². The Morgan fingerprint density at radius 1 is 1.26 bits per heavy atom. The minimum Gasteiger partial charge on any atom is -0.472 e. The largest absolute Gasteiger partial charge is 0.472 e. The van der Waals surface area contributed by atoms with Crippen molar-refractivity contribution < 1.29 is 22.4 Å². The maximum Gasteiger partial charge on any atom is 0.328 e. The molecule has 8 nitrogen and oxygen atoms in total. The summed E-state index contributed by atoms with van der Waals surface area (Å²) in [4.78, 5) is 24.1. The fourth-order valence-electron chi connectivity index (χ4n) is 2.35. The standard InChI is InChI=1S/C17H21N3O5S2/c1-11(13-6-7-25-10-13)19-16(21)9-12-4-5-14(26-3)15(8-12)27(23,24)20-17(22)18-2/h4-8,10-11H,9H2,1-3H3,(H,19,21)(H2,18,20,22). The number of sulfonamides is 1. The molecular weight excluding hydrogens is 390 g/mol. The summed E-state index contributed by atoms with van der Waals surface area (Å²) in [6.07, 6.45) is 4.80. The van der Waals surface area contributed by atoms with E-state index in [0.717, 1.165) is 5.56 Å². The molecule has 0 aliphatic heterocycles. The highest BCUT2D eigenvalue weighted by atomic mass is 32.2. The van der Waals surface area contributed by atoms with E-state index in [1.54, 1.807) is 30.7 Å². The molecule has 0 radical (unpaired) electrons. The first kappa shape index (κ1) is 20.8. The molecule has 0 aliphatic rings. The number of amides is 3. The van der Waals surface area contributed by atoms with Crippen LogP contribution < -0.4 is 15.4 Å². The van der Waals surface area contributed by atoms with Crippen molar-refractivity contribution >= 4 is 33.7 Å². The molecule has 1 atom stereocenters. The molecule has 1 heterocycles. The van der Waals surface area contributed by atoms with E-state index >= 15 is 0 Å². The molecule has 0 bridgehead atoms. The Bertz CT molecular complexity index is 911. The number of urea groups is 1. The van der Waals surface area contributed by atoms with Crippen LogP contribution in [0, 0.1) is 0 Å².